The quantitative estimate of drug-likeness (QED) is 0.481. The first-order valence-electron chi connectivity index (χ1n) is 12.8. The lowest BCUT2D eigenvalue weighted by Crippen LogP contribution is -2.54. The van der Waals surface area contributed by atoms with Gasteiger partial charge in [-0.3, -0.25) is 4.79 Å². The molecule has 2 atom stereocenters. The second-order valence-corrected chi connectivity index (χ2v) is 12.3. The number of aromatic nitrogens is 1. The number of benzene rings is 1. The Morgan fingerprint density at radius 2 is 1.57 bits per heavy atom. The maximum absolute atomic E-state index is 13.8. The number of pyridine rings is 1. The van der Waals surface area contributed by atoms with Gasteiger partial charge < -0.3 is 9.80 Å². The van der Waals surface area contributed by atoms with E-state index in [1.165, 1.54) is 0 Å². The van der Waals surface area contributed by atoms with Gasteiger partial charge in [0.15, 0.2) is 0 Å². The molecule has 2 fully saturated rings. The van der Waals surface area contributed by atoms with Crippen molar-refractivity contribution in [1.82, 2.24) is 14.6 Å². The number of hydrogen-bond donors (Lipinski definition) is 1. The predicted molar refractivity (Wildman–Crippen MR) is 135 cm³/mol. The standard InChI is InChI=1S/C26H30F6N4O3S/c1-17(2)24(9-7-20(16-24)34-40(38,39)21-5-3-18(4-6-21)25(27,28)29)23(37)36-13-11-35(12-14-36)22-15-19(8-10-33-22)26(30,31)32/h3-6,8,10,15,17,20,34H,7,9,11-14,16H2,1-2H3/t20-,24+/m1/s1. The topological polar surface area (TPSA) is 82.6 Å². The van der Waals surface area contributed by atoms with Crippen LogP contribution < -0.4 is 9.62 Å². The largest absolute Gasteiger partial charge is 0.416 e. The van der Waals surface area contributed by atoms with Crippen LogP contribution in [0.3, 0.4) is 0 Å². The van der Waals surface area contributed by atoms with Crippen molar-refractivity contribution in [3.05, 3.63) is 53.7 Å². The van der Waals surface area contributed by atoms with Crippen molar-refractivity contribution < 1.29 is 39.6 Å². The molecule has 0 unspecified atom stereocenters. The van der Waals surface area contributed by atoms with Gasteiger partial charge in [0.05, 0.1) is 21.4 Å². The summed E-state index contributed by atoms with van der Waals surface area (Å²) in [6.45, 7) is 4.89. The molecule has 2 heterocycles. The molecule has 1 N–H and O–H groups in total. The first kappa shape index (κ1) is 30.1. The van der Waals surface area contributed by atoms with Gasteiger partial charge in [0, 0.05) is 38.4 Å². The van der Waals surface area contributed by atoms with E-state index in [1.807, 2.05) is 13.8 Å². The highest BCUT2D eigenvalue weighted by Gasteiger charge is 2.50. The summed E-state index contributed by atoms with van der Waals surface area (Å²) in [5.41, 5.74) is -2.62. The average Bonchev–Trinajstić information content (AvgIpc) is 3.32. The van der Waals surface area contributed by atoms with Crippen LogP contribution in [0, 0.1) is 11.3 Å². The molecule has 14 heteroatoms. The number of alkyl halides is 6. The van der Waals surface area contributed by atoms with E-state index < -0.39 is 45.0 Å². The van der Waals surface area contributed by atoms with E-state index in [2.05, 4.69) is 9.71 Å². The van der Waals surface area contributed by atoms with Gasteiger partial charge in [-0.1, -0.05) is 13.8 Å². The first-order valence-corrected chi connectivity index (χ1v) is 14.3. The van der Waals surface area contributed by atoms with Crippen LogP contribution in [-0.2, 0) is 27.2 Å². The molecule has 1 aliphatic heterocycles. The van der Waals surface area contributed by atoms with E-state index in [-0.39, 0.29) is 55.1 Å². The summed E-state index contributed by atoms with van der Waals surface area (Å²) < 4.78 is 106. The molecule has 1 saturated carbocycles. The zero-order valence-electron chi connectivity index (χ0n) is 21.9. The van der Waals surface area contributed by atoms with Gasteiger partial charge in [-0.05, 0) is 61.6 Å². The fourth-order valence-electron chi connectivity index (χ4n) is 5.47. The number of nitrogens with one attached hydrogen (secondary N) is 1. The van der Waals surface area contributed by atoms with Crippen LogP contribution in [0.4, 0.5) is 32.2 Å². The van der Waals surface area contributed by atoms with Gasteiger partial charge >= 0.3 is 12.4 Å². The molecule has 7 nitrogen and oxygen atoms in total. The molecule has 0 radical (unpaired) electrons. The number of amides is 1. The maximum atomic E-state index is 13.8. The van der Waals surface area contributed by atoms with Gasteiger partial charge in [-0.15, -0.1) is 0 Å². The Labute approximate surface area is 228 Å². The third-order valence-corrected chi connectivity index (χ3v) is 9.39. The second-order valence-electron chi connectivity index (χ2n) is 10.6. The molecular formula is C26H30F6N4O3S. The number of halogens is 6. The monoisotopic (exact) mass is 592 g/mol. The highest BCUT2D eigenvalue weighted by Crippen LogP contribution is 2.46. The molecule has 1 aromatic carbocycles. The molecular weight excluding hydrogens is 562 g/mol. The summed E-state index contributed by atoms with van der Waals surface area (Å²) in [6.07, 6.45) is -6.97. The lowest BCUT2D eigenvalue weighted by atomic mass is 9.74. The number of hydrogen-bond acceptors (Lipinski definition) is 5. The Bertz CT molecular complexity index is 1320. The van der Waals surface area contributed by atoms with Gasteiger partial charge in [-0.25, -0.2) is 18.1 Å². The summed E-state index contributed by atoms with van der Waals surface area (Å²) in [5, 5.41) is 0. The fourth-order valence-corrected chi connectivity index (χ4v) is 6.74. The van der Waals surface area contributed by atoms with Crippen molar-refractivity contribution in [3.63, 3.8) is 0 Å². The minimum Gasteiger partial charge on any atom is -0.353 e. The van der Waals surface area contributed by atoms with Gasteiger partial charge in [-0.2, -0.15) is 26.3 Å². The van der Waals surface area contributed by atoms with E-state index in [0.29, 0.717) is 25.0 Å². The van der Waals surface area contributed by atoms with E-state index >= 15 is 0 Å². The van der Waals surface area contributed by atoms with E-state index in [1.54, 1.807) is 9.80 Å². The van der Waals surface area contributed by atoms with Gasteiger partial charge in [0.2, 0.25) is 15.9 Å². The van der Waals surface area contributed by atoms with Crippen molar-refractivity contribution in [2.45, 2.75) is 56.4 Å². The Hall–Kier alpha value is -2.87. The second kappa shape index (κ2) is 10.8. The number of nitrogens with zero attached hydrogens (tertiary/aromatic N) is 3. The van der Waals surface area contributed by atoms with Gasteiger partial charge in [0.1, 0.15) is 5.82 Å². The van der Waals surface area contributed by atoms with Crippen molar-refractivity contribution in [1.29, 1.82) is 0 Å². The highest BCUT2D eigenvalue weighted by atomic mass is 32.2. The van der Waals surface area contributed by atoms with E-state index in [4.69, 9.17) is 0 Å². The summed E-state index contributed by atoms with van der Waals surface area (Å²) in [5.74, 6) is -0.0989. The Balaban J connectivity index is 1.42. The van der Waals surface area contributed by atoms with Crippen LogP contribution in [0.1, 0.15) is 44.2 Å². The summed E-state index contributed by atoms with van der Waals surface area (Å²) >= 11 is 0. The molecule has 0 spiro atoms. The summed E-state index contributed by atoms with van der Waals surface area (Å²) in [6, 6.07) is 4.52. The number of carbonyl (C=O) groups is 1. The maximum Gasteiger partial charge on any atom is 0.416 e. The molecule has 1 amide bonds. The van der Waals surface area contributed by atoms with E-state index in [0.717, 1.165) is 30.5 Å². The zero-order chi connectivity index (χ0) is 29.5. The minimum atomic E-state index is -4.59. The third kappa shape index (κ3) is 6.22. The minimum absolute atomic E-state index is 0.135. The van der Waals surface area contributed by atoms with Crippen molar-refractivity contribution in [3.8, 4) is 0 Å². The summed E-state index contributed by atoms with van der Waals surface area (Å²) in [4.78, 5) is 20.9. The smallest absolute Gasteiger partial charge is 0.353 e. The van der Waals surface area contributed by atoms with Crippen molar-refractivity contribution >= 4 is 21.7 Å². The molecule has 1 aromatic heterocycles. The normalized spacial score (nSPS) is 22.7. The van der Waals surface area contributed by atoms with Crippen LogP contribution in [0.25, 0.3) is 0 Å². The van der Waals surface area contributed by atoms with Gasteiger partial charge in [0.25, 0.3) is 0 Å². The number of piperazine rings is 1. The number of sulfonamides is 1. The molecule has 220 valence electrons. The SMILES string of the molecule is CC(C)[C@]1(C(=O)N2CCN(c3cc(C(F)(F)F)ccn3)CC2)CC[C@@H](NS(=O)(=O)c2ccc(C(F)(F)F)cc2)C1. The van der Waals surface area contributed by atoms with Crippen LogP contribution in [0.2, 0.25) is 0 Å². The van der Waals surface area contributed by atoms with Crippen LogP contribution in [0.15, 0.2) is 47.5 Å². The number of carbonyl (C=O) groups excluding carboxylic acids is 1. The molecule has 40 heavy (non-hydrogen) atoms. The number of rotatable bonds is 6. The average molecular weight is 593 g/mol. The van der Waals surface area contributed by atoms with Crippen molar-refractivity contribution in [2.75, 3.05) is 31.1 Å². The highest BCUT2D eigenvalue weighted by molar-refractivity contribution is 7.89. The van der Waals surface area contributed by atoms with Crippen molar-refractivity contribution in [2.24, 2.45) is 11.3 Å². The Kier molecular flexibility index (Phi) is 8.16. The zero-order valence-corrected chi connectivity index (χ0v) is 22.7. The fraction of sp³-hybridized carbons (Fsp3) is 0.538. The molecule has 0 bridgehead atoms. The Morgan fingerprint density at radius 1 is 0.975 bits per heavy atom. The van der Waals surface area contributed by atoms with Crippen LogP contribution >= 0.6 is 0 Å². The molecule has 1 aliphatic carbocycles. The van der Waals surface area contributed by atoms with Crippen LogP contribution in [0.5, 0.6) is 0 Å². The lowest BCUT2D eigenvalue weighted by Gasteiger charge is -2.42. The van der Waals surface area contributed by atoms with E-state index in [9.17, 15) is 39.6 Å². The molecule has 1 saturated heterocycles. The third-order valence-electron chi connectivity index (χ3n) is 7.86. The molecule has 2 aliphatic rings. The molecule has 2 aromatic rings. The van der Waals surface area contributed by atoms with Crippen LogP contribution in [-0.4, -0.2) is 56.4 Å². The predicted octanol–water partition coefficient (Wildman–Crippen LogP) is 4.94. The summed E-state index contributed by atoms with van der Waals surface area (Å²) in [7, 11) is -4.12. The first-order chi connectivity index (χ1) is 18.5. The Morgan fingerprint density at radius 3 is 2.12 bits per heavy atom. The molecule has 4 rings (SSSR count). The number of anilines is 1. The lowest BCUT2D eigenvalue weighted by molar-refractivity contribution is -0.145.